The van der Waals surface area contributed by atoms with Gasteiger partial charge in [-0.25, -0.2) is 9.37 Å². The van der Waals surface area contributed by atoms with Crippen LogP contribution in [0.25, 0.3) is 11.0 Å². The van der Waals surface area contributed by atoms with Crippen molar-refractivity contribution in [2.45, 2.75) is 57.9 Å². The number of imidazole rings is 1. The van der Waals surface area contributed by atoms with Crippen LogP contribution in [0.5, 0.6) is 0 Å². The summed E-state index contributed by atoms with van der Waals surface area (Å²) in [5, 5.41) is -0.216. The summed E-state index contributed by atoms with van der Waals surface area (Å²) in [5.74, 6) is 0.530. The average Bonchev–Trinajstić information content (AvgIpc) is 2.80. The van der Waals surface area contributed by atoms with E-state index < -0.39 is 0 Å². The zero-order valence-electron chi connectivity index (χ0n) is 12.9. The summed E-state index contributed by atoms with van der Waals surface area (Å²) >= 11 is 6.30. The van der Waals surface area contributed by atoms with Gasteiger partial charge in [0.1, 0.15) is 11.3 Å². The molecule has 0 saturated heterocycles. The van der Waals surface area contributed by atoms with Crippen molar-refractivity contribution in [3.05, 3.63) is 29.8 Å². The number of benzene rings is 1. The first-order valence-electron chi connectivity index (χ1n) is 7.69. The van der Waals surface area contributed by atoms with Gasteiger partial charge in [-0.1, -0.05) is 19.9 Å². The van der Waals surface area contributed by atoms with E-state index in [1.165, 1.54) is 18.9 Å². The molecule has 0 amide bonds. The Morgan fingerprint density at radius 1 is 1.33 bits per heavy atom. The van der Waals surface area contributed by atoms with Gasteiger partial charge in [-0.15, -0.1) is 11.6 Å². The molecule has 1 aliphatic carbocycles. The Hall–Kier alpha value is -1.09. The van der Waals surface area contributed by atoms with Gasteiger partial charge >= 0.3 is 0 Å². The van der Waals surface area contributed by atoms with Crippen LogP contribution in [-0.4, -0.2) is 9.55 Å². The Kier molecular flexibility index (Phi) is 3.73. The number of hydrogen-bond acceptors (Lipinski definition) is 1. The first-order chi connectivity index (χ1) is 9.89. The molecule has 3 rings (SSSR count). The van der Waals surface area contributed by atoms with Crippen molar-refractivity contribution in [3.63, 3.8) is 0 Å². The van der Waals surface area contributed by atoms with E-state index in [4.69, 9.17) is 11.6 Å². The monoisotopic (exact) mass is 308 g/mol. The Bertz CT molecular complexity index is 650. The maximum absolute atomic E-state index is 14.0. The Morgan fingerprint density at radius 3 is 2.62 bits per heavy atom. The number of aromatic nitrogens is 2. The maximum atomic E-state index is 14.0. The van der Waals surface area contributed by atoms with E-state index >= 15 is 0 Å². The lowest BCUT2D eigenvalue weighted by Crippen LogP contribution is -2.24. The fraction of sp³-hybridized carbons (Fsp3) is 0.588. The summed E-state index contributed by atoms with van der Waals surface area (Å²) in [6.07, 6.45) is 4.57. The third-order valence-electron chi connectivity index (χ3n) is 4.73. The van der Waals surface area contributed by atoms with Gasteiger partial charge in [0.05, 0.1) is 10.9 Å². The highest BCUT2D eigenvalue weighted by atomic mass is 35.5. The zero-order valence-corrected chi connectivity index (χ0v) is 13.6. The van der Waals surface area contributed by atoms with Crippen LogP contribution in [0.2, 0.25) is 0 Å². The summed E-state index contributed by atoms with van der Waals surface area (Å²) in [6.45, 7) is 6.55. The van der Waals surface area contributed by atoms with E-state index in [0.29, 0.717) is 17.0 Å². The Morgan fingerprint density at radius 2 is 2.00 bits per heavy atom. The molecule has 4 heteroatoms. The molecule has 0 bridgehead atoms. The minimum atomic E-state index is -0.263. The smallest absolute Gasteiger partial charge is 0.151 e. The van der Waals surface area contributed by atoms with Crippen molar-refractivity contribution in [3.8, 4) is 0 Å². The normalized spacial score (nSPS) is 20.8. The van der Waals surface area contributed by atoms with Crippen molar-refractivity contribution in [1.82, 2.24) is 9.55 Å². The molecule has 1 heterocycles. The highest BCUT2D eigenvalue weighted by molar-refractivity contribution is 6.20. The molecule has 0 N–H and O–H groups in total. The highest BCUT2D eigenvalue weighted by Gasteiger charge is 2.30. The second kappa shape index (κ2) is 5.28. The lowest BCUT2D eigenvalue weighted by atomic mass is 9.75. The predicted molar refractivity (Wildman–Crippen MR) is 85.2 cm³/mol. The second-order valence-corrected chi connectivity index (χ2v) is 7.61. The van der Waals surface area contributed by atoms with E-state index in [2.05, 4.69) is 23.4 Å². The van der Waals surface area contributed by atoms with Crippen LogP contribution in [0.1, 0.15) is 63.7 Å². The zero-order chi connectivity index (χ0) is 15.2. The van der Waals surface area contributed by atoms with E-state index in [-0.39, 0.29) is 11.2 Å². The van der Waals surface area contributed by atoms with Crippen molar-refractivity contribution < 1.29 is 4.39 Å². The number of alkyl halides is 1. The molecule has 1 fully saturated rings. The SMILES string of the molecule is CC(Cl)c1nc2c(F)cccc2n1C1CCC(C)(C)CC1. The molecule has 0 aliphatic heterocycles. The predicted octanol–water partition coefficient (Wildman–Crippen LogP) is 5.62. The third kappa shape index (κ3) is 2.68. The number of halogens is 2. The average molecular weight is 309 g/mol. The molecule has 0 spiro atoms. The second-order valence-electron chi connectivity index (χ2n) is 6.96. The van der Waals surface area contributed by atoms with Crippen LogP contribution in [0.15, 0.2) is 18.2 Å². The van der Waals surface area contributed by atoms with Gasteiger partial charge in [-0.05, 0) is 50.2 Å². The topological polar surface area (TPSA) is 17.8 Å². The molecule has 1 aromatic carbocycles. The van der Waals surface area contributed by atoms with Gasteiger partial charge in [-0.2, -0.15) is 0 Å². The standard InChI is InChI=1S/C17H22ClFN2/c1-11(18)16-20-15-13(19)5-4-6-14(15)21(16)12-7-9-17(2,3)10-8-12/h4-6,11-12H,7-10H2,1-3H3. The van der Waals surface area contributed by atoms with Gasteiger partial charge in [0.2, 0.25) is 0 Å². The van der Waals surface area contributed by atoms with Crippen molar-refractivity contribution >= 4 is 22.6 Å². The molecule has 1 unspecified atom stereocenters. The molecule has 1 aromatic heterocycles. The van der Waals surface area contributed by atoms with Gasteiger partial charge in [0.15, 0.2) is 5.82 Å². The maximum Gasteiger partial charge on any atom is 0.151 e. The molecule has 21 heavy (non-hydrogen) atoms. The number of rotatable bonds is 2. The number of nitrogens with zero attached hydrogens (tertiary/aromatic N) is 2. The van der Waals surface area contributed by atoms with Crippen molar-refractivity contribution in [2.24, 2.45) is 5.41 Å². The van der Waals surface area contributed by atoms with E-state index in [0.717, 1.165) is 24.2 Å². The molecule has 1 aliphatic rings. The summed E-state index contributed by atoms with van der Waals surface area (Å²) < 4.78 is 16.2. The van der Waals surface area contributed by atoms with Gasteiger partial charge in [0.25, 0.3) is 0 Å². The fourth-order valence-electron chi connectivity index (χ4n) is 3.41. The van der Waals surface area contributed by atoms with Crippen LogP contribution in [-0.2, 0) is 0 Å². The summed E-state index contributed by atoms with van der Waals surface area (Å²) in [6, 6.07) is 5.55. The molecule has 2 nitrogen and oxygen atoms in total. The fourth-order valence-corrected chi connectivity index (χ4v) is 3.56. The van der Waals surface area contributed by atoms with E-state index in [9.17, 15) is 4.39 Å². The quantitative estimate of drug-likeness (QED) is 0.659. The highest BCUT2D eigenvalue weighted by Crippen LogP contribution is 2.42. The van der Waals surface area contributed by atoms with Crippen LogP contribution < -0.4 is 0 Å². The summed E-state index contributed by atoms with van der Waals surface area (Å²) in [4.78, 5) is 4.48. The Labute approximate surface area is 130 Å². The largest absolute Gasteiger partial charge is 0.324 e. The number of hydrogen-bond donors (Lipinski definition) is 0. The van der Waals surface area contributed by atoms with Crippen molar-refractivity contribution in [1.29, 1.82) is 0 Å². The Balaban J connectivity index is 2.08. The van der Waals surface area contributed by atoms with E-state index in [1.807, 2.05) is 13.0 Å². The molecule has 0 radical (unpaired) electrons. The molecule has 1 atom stereocenters. The van der Waals surface area contributed by atoms with Gasteiger partial charge < -0.3 is 4.57 Å². The van der Waals surface area contributed by atoms with Crippen molar-refractivity contribution in [2.75, 3.05) is 0 Å². The molecule has 1 saturated carbocycles. The lowest BCUT2D eigenvalue weighted by molar-refractivity contribution is 0.194. The first kappa shape index (κ1) is 14.8. The molecular weight excluding hydrogens is 287 g/mol. The minimum absolute atomic E-state index is 0.216. The summed E-state index contributed by atoms with van der Waals surface area (Å²) in [7, 11) is 0. The van der Waals surface area contributed by atoms with Crippen LogP contribution in [0.3, 0.4) is 0 Å². The lowest BCUT2D eigenvalue weighted by Gasteiger charge is -2.36. The van der Waals surface area contributed by atoms with Crippen LogP contribution in [0.4, 0.5) is 4.39 Å². The molecule has 2 aromatic rings. The van der Waals surface area contributed by atoms with Gasteiger partial charge in [-0.3, -0.25) is 0 Å². The van der Waals surface area contributed by atoms with Gasteiger partial charge in [0, 0.05) is 6.04 Å². The first-order valence-corrected chi connectivity index (χ1v) is 8.13. The number of fused-ring (bicyclic) bond motifs is 1. The number of para-hydroxylation sites is 1. The molecular formula is C17H22ClFN2. The van der Waals surface area contributed by atoms with E-state index in [1.54, 1.807) is 6.07 Å². The van der Waals surface area contributed by atoms with Crippen LogP contribution >= 0.6 is 11.6 Å². The third-order valence-corrected chi connectivity index (χ3v) is 4.92. The molecule has 114 valence electrons. The van der Waals surface area contributed by atoms with Crippen LogP contribution in [0, 0.1) is 11.2 Å². The minimum Gasteiger partial charge on any atom is -0.324 e. The summed E-state index contributed by atoms with van der Waals surface area (Å²) in [5.41, 5.74) is 1.73.